The molecule has 0 saturated carbocycles. The average Bonchev–Trinajstić information content (AvgIpc) is 3.51. The van der Waals surface area contributed by atoms with Gasteiger partial charge < -0.3 is 24.1 Å². The topological polar surface area (TPSA) is 82.6 Å². The quantitative estimate of drug-likeness (QED) is 0.374. The predicted molar refractivity (Wildman–Crippen MR) is 144 cm³/mol. The lowest BCUT2D eigenvalue weighted by Crippen LogP contribution is -2.31. The molecule has 0 saturated heterocycles. The molecular weight excluding hydrogens is 454 g/mol. The molecule has 0 fully saturated rings. The first-order valence-electron chi connectivity index (χ1n) is 11.9. The number of aromatic amines is 1. The van der Waals surface area contributed by atoms with Crippen LogP contribution >= 0.6 is 0 Å². The first-order chi connectivity index (χ1) is 17.3. The molecule has 1 atom stereocenters. The third-order valence-corrected chi connectivity index (χ3v) is 6.73. The smallest absolute Gasteiger partial charge is 0.259 e. The Hall–Kier alpha value is -3.88. The van der Waals surface area contributed by atoms with Crippen LogP contribution in [-0.2, 0) is 20.9 Å². The molecule has 5 rings (SSSR count). The number of amides is 2. The van der Waals surface area contributed by atoms with Gasteiger partial charge in [0.1, 0.15) is 0 Å². The fraction of sp³-hybridized carbons (Fsp3) is 0.286. The number of fused-ring (bicyclic) bond motifs is 2. The summed E-state index contributed by atoms with van der Waals surface area (Å²) in [5.41, 5.74) is 5.10. The van der Waals surface area contributed by atoms with Crippen LogP contribution in [0.1, 0.15) is 11.1 Å². The summed E-state index contributed by atoms with van der Waals surface area (Å²) in [5.74, 6) is -0.769. The highest BCUT2D eigenvalue weighted by atomic mass is 16.5. The lowest BCUT2D eigenvalue weighted by Gasteiger charge is -2.21. The molecule has 4 aromatic rings. The molecule has 8 nitrogen and oxygen atoms in total. The molecule has 3 heterocycles. The molecule has 1 unspecified atom stereocenters. The van der Waals surface area contributed by atoms with Gasteiger partial charge in [-0.25, -0.2) is 0 Å². The van der Waals surface area contributed by atoms with Gasteiger partial charge in [-0.05, 0) is 32.3 Å². The summed E-state index contributed by atoms with van der Waals surface area (Å²) in [4.78, 5) is 33.9. The number of imide groups is 1. The van der Waals surface area contributed by atoms with Crippen molar-refractivity contribution in [3.63, 3.8) is 0 Å². The van der Waals surface area contributed by atoms with Crippen LogP contribution in [0.2, 0.25) is 0 Å². The van der Waals surface area contributed by atoms with Gasteiger partial charge in [0.15, 0.2) is 0 Å². The van der Waals surface area contributed by atoms with Crippen molar-refractivity contribution in [1.29, 1.82) is 0 Å². The maximum atomic E-state index is 13.3. The highest BCUT2D eigenvalue weighted by molar-refractivity contribution is 6.51. The normalized spacial score (nSPS) is 14.9. The van der Waals surface area contributed by atoms with E-state index in [0.29, 0.717) is 17.7 Å². The molecule has 2 amide bonds. The van der Waals surface area contributed by atoms with Crippen LogP contribution < -0.4 is 10.2 Å². The van der Waals surface area contributed by atoms with E-state index >= 15 is 0 Å². The fourth-order valence-electron chi connectivity index (χ4n) is 5.13. The van der Waals surface area contributed by atoms with Gasteiger partial charge in [0.05, 0.1) is 29.3 Å². The van der Waals surface area contributed by atoms with Crippen molar-refractivity contribution >= 4 is 50.5 Å². The number of carbonyl (C=O) groups excluding carboxylic acids is 2. The van der Waals surface area contributed by atoms with Gasteiger partial charge in [0.25, 0.3) is 11.8 Å². The Balaban J connectivity index is 1.78. The maximum absolute atomic E-state index is 13.3. The van der Waals surface area contributed by atoms with Gasteiger partial charge in [-0.15, -0.1) is 0 Å². The molecule has 186 valence electrons. The maximum Gasteiger partial charge on any atom is 0.259 e. The summed E-state index contributed by atoms with van der Waals surface area (Å²) in [7, 11) is 9.71. The first kappa shape index (κ1) is 23.8. The number of methoxy groups -OCH3 is 1. The van der Waals surface area contributed by atoms with E-state index in [4.69, 9.17) is 4.74 Å². The third-order valence-electron chi connectivity index (χ3n) is 6.73. The van der Waals surface area contributed by atoms with Crippen molar-refractivity contribution in [2.45, 2.75) is 12.6 Å². The Morgan fingerprint density at radius 3 is 2.36 bits per heavy atom. The van der Waals surface area contributed by atoms with Crippen LogP contribution in [0.5, 0.6) is 0 Å². The number of rotatable bonds is 8. The number of anilines is 1. The van der Waals surface area contributed by atoms with Gasteiger partial charge in [0.2, 0.25) is 0 Å². The van der Waals surface area contributed by atoms with Crippen molar-refractivity contribution in [1.82, 2.24) is 19.8 Å². The number of para-hydroxylation sites is 1. The Kier molecular flexibility index (Phi) is 6.15. The van der Waals surface area contributed by atoms with Crippen LogP contribution in [0.25, 0.3) is 33.0 Å². The highest BCUT2D eigenvalue weighted by Gasteiger charge is 2.35. The summed E-state index contributed by atoms with van der Waals surface area (Å²) < 4.78 is 7.90. The molecule has 2 aromatic heterocycles. The monoisotopic (exact) mass is 485 g/mol. The van der Waals surface area contributed by atoms with Crippen LogP contribution in [0, 0.1) is 0 Å². The summed E-state index contributed by atoms with van der Waals surface area (Å²) in [6, 6.07) is 13.9. The van der Waals surface area contributed by atoms with E-state index in [9.17, 15) is 9.59 Å². The number of hydrogen-bond acceptors (Lipinski definition) is 5. The second kappa shape index (κ2) is 9.29. The molecule has 1 aliphatic heterocycles. The van der Waals surface area contributed by atoms with Crippen molar-refractivity contribution in [3.05, 3.63) is 66.0 Å². The molecule has 2 aromatic carbocycles. The van der Waals surface area contributed by atoms with Crippen LogP contribution in [0.3, 0.4) is 0 Å². The summed E-state index contributed by atoms with van der Waals surface area (Å²) in [5, 5.41) is 4.38. The number of hydrogen-bond donors (Lipinski definition) is 2. The van der Waals surface area contributed by atoms with E-state index < -0.39 is 0 Å². The van der Waals surface area contributed by atoms with E-state index in [1.165, 1.54) is 0 Å². The van der Waals surface area contributed by atoms with E-state index in [-0.39, 0.29) is 17.9 Å². The van der Waals surface area contributed by atoms with Gasteiger partial charge >= 0.3 is 0 Å². The zero-order chi connectivity index (χ0) is 25.6. The zero-order valence-corrected chi connectivity index (χ0v) is 21.3. The summed E-state index contributed by atoms with van der Waals surface area (Å²) >= 11 is 0. The lowest BCUT2D eigenvalue weighted by atomic mass is 9.95. The fourth-order valence-corrected chi connectivity index (χ4v) is 5.13. The standard InChI is InChI=1S/C28H31N5O3/c1-31(2)14-17(36-5)15-33-16-20(24-22(32(3)4)11-8-12-23(24)33)26-25(27(34)30-28(26)35)19-13-29-21-10-7-6-9-18(19)21/h6-13,16-17,29H,14-15H2,1-5H3,(H,30,34,35). The van der Waals surface area contributed by atoms with E-state index in [1.807, 2.05) is 81.9 Å². The van der Waals surface area contributed by atoms with E-state index in [1.54, 1.807) is 7.11 Å². The second-order valence-corrected chi connectivity index (χ2v) is 9.66. The predicted octanol–water partition coefficient (Wildman–Crippen LogP) is 3.33. The minimum absolute atomic E-state index is 0.0485. The number of ether oxygens (including phenoxy) is 1. The van der Waals surface area contributed by atoms with Crippen molar-refractivity contribution in [2.75, 3.05) is 46.7 Å². The Morgan fingerprint density at radius 1 is 0.944 bits per heavy atom. The number of H-pyrrole nitrogens is 1. The first-order valence-corrected chi connectivity index (χ1v) is 11.9. The molecule has 1 aliphatic rings. The highest BCUT2D eigenvalue weighted by Crippen LogP contribution is 2.41. The SMILES string of the molecule is COC(CN(C)C)Cn1cc(C2=C(c3c[nH]c4ccccc34)C(=O)NC2=O)c2c(N(C)C)cccc21. The van der Waals surface area contributed by atoms with Crippen molar-refractivity contribution in [3.8, 4) is 0 Å². The number of carbonyl (C=O) groups is 2. The Morgan fingerprint density at radius 2 is 1.67 bits per heavy atom. The minimum Gasteiger partial charge on any atom is -0.378 e. The zero-order valence-electron chi connectivity index (χ0n) is 21.3. The lowest BCUT2D eigenvalue weighted by molar-refractivity contribution is -0.122. The number of nitrogens with zero attached hydrogens (tertiary/aromatic N) is 3. The van der Waals surface area contributed by atoms with Gasteiger partial charge in [0, 0.05) is 73.2 Å². The minimum atomic E-state index is -0.385. The molecule has 8 heteroatoms. The molecule has 0 bridgehead atoms. The third kappa shape index (κ3) is 3.98. The van der Waals surface area contributed by atoms with Crippen molar-refractivity contribution < 1.29 is 14.3 Å². The van der Waals surface area contributed by atoms with Crippen molar-refractivity contribution in [2.24, 2.45) is 0 Å². The van der Waals surface area contributed by atoms with Crippen LogP contribution in [0.15, 0.2) is 54.9 Å². The van der Waals surface area contributed by atoms with Gasteiger partial charge in [-0.2, -0.15) is 0 Å². The Bertz CT molecular complexity index is 1510. The number of nitrogens with one attached hydrogen (secondary N) is 2. The molecule has 0 aliphatic carbocycles. The number of likely N-dealkylation sites (N-methyl/N-ethyl adjacent to an activating group) is 1. The second-order valence-electron chi connectivity index (χ2n) is 9.66. The van der Waals surface area contributed by atoms with Crippen LogP contribution in [-0.4, -0.2) is 74.2 Å². The number of benzene rings is 2. The molecule has 0 radical (unpaired) electrons. The Labute approximate surface area is 210 Å². The number of aromatic nitrogens is 2. The van der Waals surface area contributed by atoms with Gasteiger partial charge in [-0.1, -0.05) is 24.3 Å². The largest absolute Gasteiger partial charge is 0.378 e. The molecule has 0 spiro atoms. The van der Waals surface area contributed by atoms with Crippen LogP contribution in [0.4, 0.5) is 5.69 Å². The molecule has 36 heavy (non-hydrogen) atoms. The van der Waals surface area contributed by atoms with Gasteiger partial charge in [-0.3, -0.25) is 14.9 Å². The van der Waals surface area contributed by atoms with E-state index in [0.717, 1.165) is 45.2 Å². The summed E-state index contributed by atoms with van der Waals surface area (Å²) in [6.07, 6.45) is 3.75. The molecular formula is C28H31N5O3. The average molecular weight is 486 g/mol. The van der Waals surface area contributed by atoms with E-state index in [2.05, 4.69) is 25.8 Å². The summed E-state index contributed by atoms with van der Waals surface area (Å²) in [6.45, 7) is 1.36. The molecule has 2 N–H and O–H groups in total.